The molecule has 0 aliphatic rings. The van der Waals surface area contributed by atoms with E-state index in [1.807, 2.05) is 24.3 Å². The number of hydrogen-bond donors (Lipinski definition) is 1. The number of rotatable bonds is 3. The second kappa shape index (κ2) is 4.75. The highest BCUT2D eigenvalue weighted by Crippen LogP contribution is 2.24. The predicted octanol–water partition coefficient (Wildman–Crippen LogP) is 2.71. The topological polar surface area (TPSA) is 69.1 Å². The Hall–Kier alpha value is -1.31. The molecule has 5 nitrogen and oxygen atoms in total. The van der Waals surface area contributed by atoms with Gasteiger partial charge in [-0.25, -0.2) is 0 Å². The van der Waals surface area contributed by atoms with Crippen LogP contribution in [0.4, 0.5) is 5.13 Å². The quantitative estimate of drug-likeness (QED) is 0.753. The summed E-state index contributed by atoms with van der Waals surface area (Å²) >= 11 is 8.81. The summed E-state index contributed by atoms with van der Waals surface area (Å²) < 4.78 is 1.68. The van der Waals surface area contributed by atoms with E-state index < -0.39 is 0 Å². The minimum absolute atomic E-state index is 0.498. The smallest absolute Gasteiger partial charge is 0.236 e. The Bertz CT molecular complexity index is 675. The third-order valence-electron chi connectivity index (χ3n) is 2.25. The highest BCUT2D eigenvalue weighted by atomic mass is 35.5. The van der Waals surface area contributed by atoms with Crippen LogP contribution in [0.15, 0.2) is 29.2 Å². The van der Waals surface area contributed by atoms with Gasteiger partial charge < -0.3 is 5.73 Å². The minimum Gasteiger partial charge on any atom is -0.374 e. The molecule has 0 spiro atoms. The second-order valence-electron chi connectivity index (χ2n) is 3.49. The first-order valence-electron chi connectivity index (χ1n) is 5.07. The number of halogens is 1. The number of nitrogens with two attached hydrogens (primary N) is 1. The number of aromatic nitrogens is 4. The van der Waals surface area contributed by atoms with Crippen LogP contribution in [-0.4, -0.2) is 19.8 Å². The van der Waals surface area contributed by atoms with Crippen molar-refractivity contribution in [3.8, 4) is 0 Å². The fraction of sp³-hybridized carbons (Fsp3) is 0.100. The van der Waals surface area contributed by atoms with Crippen LogP contribution in [0.3, 0.4) is 0 Å². The van der Waals surface area contributed by atoms with E-state index in [-0.39, 0.29) is 0 Å². The van der Waals surface area contributed by atoms with Crippen LogP contribution in [0.25, 0.3) is 4.96 Å². The van der Waals surface area contributed by atoms with E-state index in [0.29, 0.717) is 10.9 Å². The molecule has 0 radical (unpaired) electrons. The maximum Gasteiger partial charge on any atom is 0.236 e. The van der Waals surface area contributed by atoms with E-state index in [0.717, 1.165) is 20.7 Å². The zero-order valence-electron chi connectivity index (χ0n) is 9.08. The lowest BCUT2D eigenvalue weighted by Crippen LogP contribution is -1.95. The lowest BCUT2D eigenvalue weighted by atomic mass is 10.4. The fourth-order valence-electron chi connectivity index (χ4n) is 1.44. The molecular formula is C10H8ClN5S2. The van der Waals surface area contributed by atoms with E-state index >= 15 is 0 Å². The third-order valence-corrected chi connectivity index (χ3v) is 4.24. The van der Waals surface area contributed by atoms with Crippen molar-refractivity contribution in [1.29, 1.82) is 0 Å². The molecule has 8 heteroatoms. The molecule has 2 heterocycles. The molecule has 0 unspecified atom stereocenters. The standard InChI is InChI=1S/C10H8ClN5S2/c11-6-1-3-7(4-2-6)17-5-8-13-14-10-16(8)15-9(12)18-10/h1-4H,5H2,(H2,12,15). The summed E-state index contributed by atoms with van der Waals surface area (Å²) in [5.74, 6) is 1.48. The summed E-state index contributed by atoms with van der Waals surface area (Å²) in [5, 5.41) is 13.5. The number of nitrogens with zero attached hydrogens (tertiary/aromatic N) is 4. The molecule has 0 bridgehead atoms. The van der Waals surface area contributed by atoms with Gasteiger partial charge in [-0.2, -0.15) is 4.52 Å². The maximum atomic E-state index is 5.83. The summed E-state index contributed by atoms with van der Waals surface area (Å²) in [6, 6.07) is 7.68. The number of benzene rings is 1. The number of thioether (sulfide) groups is 1. The lowest BCUT2D eigenvalue weighted by molar-refractivity contribution is 0.889. The van der Waals surface area contributed by atoms with Gasteiger partial charge in [0.2, 0.25) is 10.1 Å². The van der Waals surface area contributed by atoms with Gasteiger partial charge in [0.05, 0.1) is 5.75 Å². The van der Waals surface area contributed by atoms with Gasteiger partial charge in [-0.05, 0) is 24.3 Å². The number of nitrogen functional groups attached to an aromatic ring is 1. The largest absolute Gasteiger partial charge is 0.374 e. The van der Waals surface area contributed by atoms with Gasteiger partial charge in [-0.15, -0.1) is 27.1 Å². The summed E-state index contributed by atoms with van der Waals surface area (Å²) in [5.41, 5.74) is 5.63. The van der Waals surface area contributed by atoms with E-state index in [1.165, 1.54) is 11.3 Å². The minimum atomic E-state index is 0.498. The molecule has 0 fully saturated rings. The van der Waals surface area contributed by atoms with Crippen molar-refractivity contribution < 1.29 is 0 Å². The molecule has 0 saturated carbocycles. The molecule has 0 saturated heterocycles. The normalized spacial score (nSPS) is 11.2. The molecule has 0 amide bonds. The average molecular weight is 298 g/mol. The van der Waals surface area contributed by atoms with Crippen molar-refractivity contribution in [3.05, 3.63) is 35.1 Å². The van der Waals surface area contributed by atoms with Crippen molar-refractivity contribution in [2.24, 2.45) is 0 Å². The van der Waals surface area contributed by atoms with Crippen LogP contribution in [-0.2, 0) is 5.75 Å². The van der Waals surface area contributed by atoms with Crippen LogP contribution in [0.1, 0.15) is 5.82 Å². The summed E-state index contributed by atoms with van der Waals surface area (Å²) in [7, 11) is 0. The van der Waals surface area contributed by atoms with Gasteiger partial charge >= 0.3 is 0 Å². The van der Waals surface area contributed by atoms with Crippen molar-refractivity contribution >= 4 is 44.8 Å². The highest BCUT2D eigenvalue weighted by Gasteiger charge is 2.10. The molecule has 18 heavy (non-hydrogen) atoms. The Balaban J connectivity index is 1.78. The Morgan fingerprint density at radius 2 is 2.06 bits per heavy atom. The fourth-order valence-corrected chi connectivity index (χ4v) is 3.00. The number of hydrogen-bond acceptors (Lipinski definition) is 6. The van der Waals surface area contributed by atoms with Gasteiger partial charge in [-0.1, -0.05) is 22.9 Å². The molecule has 2 aromatic heterocycles. The number of fused-ring (bicyclic) bond motifs is 1. The molecule has 0 aliphatic carbocycles. The molecule has 0 aliphatic heterocycles. The Morgan fingerprint density at radius 3 is 2.83 bits per heavy atom. The van der Waals surface area contributed by atoms with Crippen LogP contribution in [0.5, 0.6) is 0 Å². The van der Waals surface area contributed by atoms with Crippen molar-refractivity contribution in [1.82, 2.24) is 19.8 Å². The molecule has 3 rings (SSSR count). The summed E-state index contributed by atoms with van der Waals surface area (Å²) in [4.78, 5) is 1.85. The molecular weight excluding hydrogens is 290 g/mol. The van der Waals surface area contributed by atoms with Crippen LogP contribution in [0, 0.1) is 0 Å². The zero-order valence-corrected chi connectivity index (χ0v) is 11.5. The SMILES string of the molecule is Nc1nn2c(CSc3ccc(Cl)cc3)nnc2s1. The van der Waals surface area contributed by atoms with E-state index in [2.05, 4.69) is 15.3 Å². The van der Waals surface area contributed by atoms with Crippen LogP contribution >= 0.6 is 34.7 Å². The third kappa shape index (κ3) is 2.29. The number of anilines is 1. The summed E-state index contributed by atoms with van der Waals surface area (Å²) in [6.07, 6.45) is 0. The molecule has 0 atom stereocenters. The predicted molar refractivity (Wildman–Crippen MR) is 74.1 cm³/mol. The lowest BCUT2D eigenvalue weighted by Gasteiger charge is -1.99. The molecule has 2 N–H and O–H groups in total. The van der Waals surface area contributed by atoms with Gasteiger partial charge in [0.25, 0.3) is 0 Å². The Morgan fingerprint density at radius 1 is 1.28 bits per heavy atom. The Kier molecular flexibility index (Phi) is 3.11. The first-order chi connectivity index (χ1) is 8.72. The van der Waals surface area contributed by atoms with Crippen molar-refractivity contribution in [2.75, 3.05) is 5.73 Å². The Labute approximate surface area is 116 Å². The van der Waals surface area contributed by atoms with Gasteiger partial charge in [0.1, 0.15) is 0 Å². The van der Waals surface area contributed by atoms with Gasteiger partial charge in [-0.3, -0.25) is 0 Å². The van der Waals surface area contributed by atoms with Gasteiger partial charge in [0, 0.05) is 9.92 Å². The second-order valence-corrected chi connectivity index (χ2v) is 5.97. The van der Waals surface area contributed by atoms with E-state index in [1.54, 1.807) is 16.3 Å². The molecule has 1 aromatic carbocycles. The summed E-state index contributed by atoms with van der Waals surface area (Å²) in [6.45, 7) is 0. The van der Waals surface area contributed by atoms with Crippen LogP contribution in [0.2, 0.25) is 5.02 Å². The molecule has 92 valence electrons. The first-order valence-corrected chi connectivity index (χ1v) is 7.25. The highest BCUT2D eigenvalue weighted by molar-refractivity contribution is 7.98. The van der Waals surface area contributed by atoms with E-state index in [9.17, 15) is 0 Å². The monoisotopic (exact) mass is 297 g/mol. The van der Waals surface area contributed by atoms with Crippen LogP contribution < -0.4 is 5.73 Å². The average Bonchev–Trinajstić information content (AvgIpc) is 2.88. The molecule has 3 aromatic rings. The van der Waals surface area contributed by atoms with Crippen molar-refractivity contribution in [2.45, 2.75) is 10.6 Å². The maximum absolute atomic E-state index is 5.83. The van der Waals surface area contributed by atoms with Crippen molar-refractivity contribution in [3.63, 3.8) is 0 Å². The first kappa shape index (κ1) is 11.8. The van der Waals surface area contributed by atoms with Gasteiger partial charge in [0.15, 0.2) is 5.82 Å². The van der Waals surface area contributed by atoms with E-state index in [4.69, 9.17) is 17.3 Å². The zero-order chi connectivity index (χ0) is 12.5.